The topological polar surface area (TPSA) is 36.9 Å². The van der Waals surface area contributed by atoms with Gasteiger partial charge in [0.05, 0.1) is 38.6 Å². The predicted molar refractivity (Wildman–Crippen MR) is 112 cm³/mol. The van der Waals surface area contributed by atoms with Gasteiger partial charge < -0.3 is 18.9 Å². The standard InChI is InChI=1S/C24H34O4/c1-19(2)26-18-24(28-20(3)4)23(27-16-22-13-9-6-10-14-22)17-25-15-21-11-7-5-8-12-21/h5-14,19-20,23-24H,15-18H2,1-4H3/t23-,24-/m0/s1. The van der Waals surface area contributed by atoms with Crippen molar-refractivity contribution in [2.45, 2.75) is 65.3 Å². The molecule has 2 aromatic rings. The van der Waals surface area contributed by atoms with Crippen LogP contribution in [0.5, 0.6) is 0 Å². The molecule has 0 saturated heterocycles. The lowest BCUT2D eigenvalue weighted by atomic mass is 10.2. The molecule has 0 fully saturated rings. The summed E-state index contributed by atoms with van der Waals surface area (Å²) < 4.78 is 24.2. The van der Waals surface area contributed by atoms with E-state index in [1.807, 2.05) is 64.1 Å². The summed E-state index contributed by atoms with van der Waals surface area (Å²) >= 11 is 0. The van der Waals surface area contributed by atoms with Crippen molar-refractivity contribution in [3.05, 3.63) is 71.8 Å². The first-order valence-electron chi connectivity index (χ1n) is 10.1. The molecule has 0 aromatic heterocycles. The first-order valence-corrected chi connectivity index (χ1v) is 10.1. The summed E-state index contributed by atoms with van der Waals surface area (Å²) in [7, 11) is 0. The Bertz CT molecular complexity index is 628. The number of ether oxygens (including phenoxy) is 4. The average Bonchev–Trinajstić information content (AvgIpc) is 2.69. The number of rotatable bonds is 13. The van der Waals surface area contributed by atoms with E-state index in [2.05, 4.69) is 24.3 Å². The van der Waals surface area contributed by atoms with E-state index in [1.54, 1.807) is 0 Å². The van der Waals surface area contributed by atoms with Crippen LogP contribution in [-0.4, -0.2) is 37.6 Å². The average molecular weight is 387 g/mol. The summed E-state index contributed by atoms with van der Waals surface area (Å²) in [4.78, 5) is 0. The van der Waals surface area contributed by atoms with E-state index in [-0.39, 0.29) is 24.4 Å². The van der Waals surface area contributed by atoms with E-state index in [9.17, 15) is 0 Å². The molecule has 154 valence electrons. The van der Waals surface area contributed by atoms with Gasteiger partial charge in [0.25, 0.3) is 0 Å². The van der Waals surface area contributed by atoms with Gasteiger partial charge in [0.2, 0.25) is 0 Å². The Hall–Kier alpha value is -1.72. The molecule has 2 rings (SSSR count). The van der Waals surface area contributed by atoms with Gasteiger partial charge >= 0.3 is 0 Å². The lowest BCUT2D eigenvalue weighted by molar-refractivity contribution is -0.151. The molecule has 4 nitrogen and oxygen atoms in total. The SMILES string of the molecule is CC(C)OC[C@H](OC(C)C)[C@H](COCc1ccccc1)OCc1ccccc1. The van der Waals surface area contributed by atoms with E-state index in [1.165, 1.54) is 0 Å². The quantitative estimate of drug-likeness (QED) is 0.485. The van der Waals surface area contributed by atoms with Gasteiger partial charge in [-0.15, -0.1) is 0 Å². The molecule has 28 heavy (non-hydrogen) atoms. The molecule has 0 aliphatic heterocycles. The summed E-state index contributed by atoms with van der Waals surface area (Å²) in [5.41, 5.74) is 2.27. The summed E-state index contributed by atoms with van der Waals surface area (Å²) in [5.74, 6) is 0. The molecule has 0 amide bonds. The third-order valence-electron chi connectivity index (χ3n) is 4.16. The minimum Gasteiger partial charge on any atom is -0.376 e. The maximum atomic E-state index is 6.23. The van der Waals surface area contributed by atoms with Gasteiger partial charge in [0, 0.05) is 0 Å². The van der Waals surface area contributed by atoms with E-state index in [4.69, 9.17) is 18.9 Å². The van der Waals surface area contributed by atoms with Gasteiger partial charge in [-0.3, -0.25) is 0 Å². The van der Waals surface area contributed by atoms with E-state index in [0.29, 0.717) is 26.4 Å². The molecule has 0 aliphatic carbocycles. The van der Waals surface area contributed by atoms with Crippen molar-refractivity contribution < 1.29 is 18.9 Å². The van der Waals surface area contributed by atoms with Crippen molar-refractivity contribution >= 4 is 0 Å². The van der Waals surface area contributed by atoms with Gasteiger partial charge in [0.15, 0.2) is 0 Å². The molecule has 2 atom stereocenters. The third-order valence-corrected chi connectivity index (χ3v) is 4.16. The fourth-order valence-electron chi connectivity index (χ4n) is 2.78. The highest BCUT2D eigenvalue weighted by atomic mass is 16.6. The van der Waals surface area contributed by atoms with Gasteiger partial charge in [-0.2, -0.15) is 0 Å². The van der Waals surface area contributed by atoms with Crippen molar-refractivity contribution in [2.75, 3.05) is 13.2 Å². The summed E-state index contributed by atoms with van der Waals surface area (Å²) in [6.45, 7) is 10.1. The smallest absolute Gasteiger partial charge is 0.110 e. The molecule has 0 unspecified atom stereocenters. The van der Waals surface area contributed by atoms with Gasteiger partial charge in [-0.05, 0) is 38.8 Å². The van der Waals surface area contributed by atoms with Gasteiger partial charge in [-0.25, -0.2) is 0 Å². The Morgan fingerprint density at radius 1 is 0.607 bits per heavy atom. The summed E-state index contributed by atoms with van der Waals surface area (Å²) in [6.07, 6.45) is -0.192. The molecule has 4 heteroatoms. The van der Waals surface area contributed by atoms with Crippen LogP contribution in [0.15, 0.2) is 60.7 Å². The van der Waals surface area contributed by atoms with Crippen molar-refractivity contribution in [1.29, 1.82) is 0 Å². The van der Waals surface area contributed by atoms with Crippen molar-refractivity contribution in [3.8, 4) is 0 Å². The normalized spacial score (nSPS) is 13.8. The third kappa shape index (κ3) is 8.98. The fraction of sp³-hybridized carbons (Fsp3) is 0.500. The second kappa shape index (κ2) is 12.7. The molecular weight excluding hydrogens is 352 g/mol. The lowest BCUT2D eigenvalue weighted by Gasteiger charge is -2.29. The molecular formula is C24H34O4. The minimum absolute atomic E-state index is 0.0812. The minimum atomic E-state index is -0.218. The Kier molecular flexibility index (Phi) is 10.2. The monoisotopic (exact) mass is 386 g/mol. The predicted octanol–water partition coefficient (Wildman–Crippen LogP) is 5.01. The van der Waals surface area contributed by atoms with Crippen LogP contribution in [0.2, 0.25) is 0 Å². The van der Waals surface area contributed by atoms with Crippen molar-refractivity contribution in [3.63, 3.8) is 0 Å². The van der Waals surface area contributed by atoms with Crippen LogP contribution < -0.4 is 0 Å². The number of benzene rings is 2. The van der Waals surface area contributed by atoms with Crippen LogP contribution in [-0.2, 0) is 32.2 Å². The zero-order chi connectivity index (χ0) is 20.2. The Balaban J connectivity index is 2.00. The summed E-state index contributed by atoms with van der Waals surface area (Å²) in [6, 6.07) is 20.3. The maximum absolute atomic E-state index is 6.23. The Morgan fingerprint density at radius 3 is 1.71 bits per heavy atom. The van der Waals surface area contributed by atoms with Crippen LogP contribution in [0.25, 0.3) is 0 Å². The lowest BCUT2D eigenvalue weighted by Crippen LogP contribution is -2.41. The highest BCUT2D eigenvalue weighted by Gasteiger charge is 2.25. The van der Waals surface area contributed by atoms with E-state index in [0.717, 1.165) is 11.1 Å². The molecule has 0 spiro atoms. The summed E-state index contributed by atoms with van der Waals surface area (Å²) in [5, 5.41) is 0. The zero-order valence-corrected chi connectivity index (χ0v) is 17.5. The van der Waals surface area contributed by atoms with Crippen LogP contribution in [0.3, 0.4) is 0 Å². The molecule has 0 bridgehead atoms. The first kappa shape index (κ1) is 22.6. The molecule has 0 heterocycles. The second-order valence-corrected chi connectivity index (χ2v) is 7.44. The molecule has 0 N–H and O–H groups in total. The highest BCUT2D eigenvalue weighted by molar-refractivity contribution is 5.14. The van der Waals surface area contributed by atoms with Crippen LogP contribution in [0.4, 0.5) is 0 Å². The molecule has 2 aromatic carbocycles. The van der Waals surface area contributed by atoms with Crippen LogP contribution >= 0.6 is 0 Å². The van der Waals surface area contributed by atoms with Gasteiger partial charge in [0.1, 0.15) is 12.2 Å². The van der Waals surface area contributed by atoms with Crippen LogP contribution in [0.1, 0.15) is 38.8 Å². The van der Waals surface area contributed by atoms with E-state index >= 15 is 0 Å². The largest absolute Gasteiger partial charge is 0.376 e. The molecule has 0 saturated carbocycles. The van der Waals surface area contributed by atoms with Crippen molar-refractivity contribution in [2.24, 2.45) is 0 Å². The number of hydrogen-bond donors (Lipinski definition) is 0. The Labute approximate surface area is 169 Å². The van der Waals surface area contributed by atoms with Crippen molar-refractivity contribution in [1.82, 2.24) is 0 Å². The fourth-order valence-corrected chi connectivity index (χ4v) is 2.78. The molecule has 0 radical (unpaired) electrons. The first-order chi connectivity index (χ1) is 13.5. The zero-order valence-electron chi connectivity index (χ0n) is 17.5. The highest BCUT2D eigenvalue weighted by Crippen LogP contribution is 2.14. The Morgan fingerprint density at radius 2 is 1.18 bits per heavy atom. The van der Waals surface area contributed by atoms with Gasteiger partial charge in [-0.1, -0.05) is 60.7 Å². The maximum Gasteiger partial charge on any atom is 0.110 e. The van der Waals surface area contributed by atoms with E-state index < -0.39 is 0 Å². The van der Waals surface area contributed by atoms with Crippen LogP contribution in [0, 0.1) is 0 Å². The second-order valence-electron chi connectivity index (χ2n) is 7.44. The number of hydrogen-bond acceptors (Lipinski definition) is 4. The molecule has 0 aliphatic rings.